The molecule has 11 heterocycles. The Morgan fingerprint density at radius 1 is 0.667 bits per heavy atom. The molecule has 1 saturated heterocycles. The van der Waals surface area contributed by atoms with Gasteiger partial charge in [-0.3, -0.25) is 24.2 Å². The summed E-state index contributed by atoms with van der Waals surface area (Å²) in [4.78, 5) is 101. The molecule has 9 N–H and O–H groups in total. The second-order valence-electron chi connectivity index (χ2n) is 17.7. The maximum atomic E-state index is 12.7. The lowest BCUT2D eigenvalue weighted by atomic mass is 9.90. The fraction of sp³-hybridized carbons (Fsp3) is 0.235. The lowest BCUT2D eigenvalue weighted by Gasteiger charge is -2.15. The molecule has 2 aliphatic rings. The maximum absolute atomic E-state index is 12.7. The molecule has 0 aromatic carbocycles. The first-order valence-corrected chi connectivity index (χ1v) is 23.5. The van der Waals surface area contributed by atoms with Crippen LogP contribution in [0.1, 0.15) is 71.4 Å². The third-order valence-electron chi connectivity index (χ3n) is 13.1. The zero-order chi connectivity index (χ0) is 49.7. The van der Waals surface area contributed by atoms with Gasteiger partial charge < -0.3 is 50.5 Å². The molecule has 12 rings (SSSR count). The number of nitrogens with two attached hydrogens (primary N) is 1. The van der Waals surface area contributed by atoms with Gasteiger partial charge in [0.15, 0.2) is 5.78 Å². The summed E-state index contributed by atoms with van der Waals surface area (Å²) in [6, 6.07) is 16.9. The van der Waals surface area contributed by atoms with Gasteiger partial charge in [0, 0.05) is 135 Å². The van der Waals surface area contributed by atoms with Crippen molar-refractivity contribution in [2.45, 2.75) is 38.2 Å². The summed E-state index contributed by atoms with van der Waals surface area (Å²) in [5.41, 5.74) is 15.1. The first-order valence-electron chi connectivity index (χ1n) is 23.5. The van der Waals surface area contributed by atoms with Gasteiger partial charge in [0.25, 0.3) is 11.8 Å². The standard InChI is InChI=1S/C19H18N6O.C17H17N5O2.C15H15N5O2.6H2/c1-25(9-6-14-4-2-3-7-20-14)19(26)16-10-13(11-22-16)17-15-5-8-21-18(15)24-12-23-17;18-16(24)11-3-1-2-10(11)15(23)13-6-9(7-20-13)14-12-4-5-19-17(12)22-8-21-14;21-10-2-4-20(7-10)15(22)12-5-9(6-17-12)13-11-1-3-16-14(11)19-8-18-13;;;;;;/h2-5,7-8,10-12,22H,6,9H2,1H3,(H,21,23,24);4-8,10-11,20H,1-3H2,(H2,18,24)(H,19,21,22);1,3,5-6,8,10,17,21H,2,4,7H2,(H,16,18,19);6*1H. The first kappa shape index (κ1) is 46.6. The molecular formula is C51H62N16O5. The van der Waals surface area contributed by atoms with Crippen molar-refractivity contribution in [1.82, 2.24) is 74.6 Å². The summed E-state index contributed by atoms with van der Waals surface area (Å²) in [7, 11) is 1.79. The molecule has 3 unspecified atom stereocenters. The van der Waals surface area contributed by atoms with Gasteiger partial charge in [-0.05, 0) is 67.8 Å². The van der Waals surface area contributed by atoms with E-state index in [1.165, 1.54) is 19.0 Å². The third kappa shape index (κ3) is 9.72. The van der Waals surface area contributed by atoms with Crippen LogP contribution < -0.4 is 5.73 Å². The second-order valence-corrected chi connectivity index (χ2v) is 17.7. The number of carbonyl (C=O) groups is 4. The molecule has 10 aromatic heterocycles. The number of aromatic amines is 6. The van der Waals surface area contributed by atoms with Crippen molar-refractivity contribution in [3.63, 3.8) is 0 Å². The largest absolute Gasteiger partial charge is 0.391 e. The van der Waals surface area contributed by atoms with Crippen LogP contribution in [0.15, 0.2) is 117 Å². The topological polar surface area (TPSA) is 306 Å². The number of aromatic nitrogens is 13. The van der Waals surface area contributed by atoms with Gasteiger partial charge in [-0.2, -0.15) is 0 Å². The van der Waals surface area contributed by atoms with Crippen LogP contribution in [0.4, 0.5) is 0 Å². The number of fused-ring (bicyclic) bond motifs is 3. The zero-order valence-electron chi connectivity index (χ0n) is 39.0. The molecule has 1 aliphatic carbocycles. The number of aliphatic hydroxyl groups is 1. The van der Waals surface area contributed by atoms with E-state index >= 15 is 0 Å². The average Bonchev–Trinajstić information content (AvgIpc) is 4.26. The minimum Gasteiger partial charge on any atom is -0.391 e. The molecular weight excluding hydrogens is 917 g/mol. The highest BCUT2D eigenvalue weighted by molar-refractivity contribution is 6.02. The lowest BCUT2D eigenvalue weighted by molar-refractivity contribution is -0.122. The highest BCUT2D eigenvalue weighted by Crippen LogP contribution is 2.35. The van der Waals surface area contributed by atoms with Gasteiger partial charge in [-0.15, -0.1) is 0 Å². The molecule has 0 radical (unpaired) electrons. The minimum absolute atomic E-state index is 0. The van der Waals surface area contributed by atoms with Crippen LogP contribution in [-0.2, 0) is 11.2 Å². The van der Waals surface area contributed by atoms with Gasteiger partial charge in [-0.1, -0.05) is 12.5 Å². The number of hydrogen-bond donors (Lipinski definition) is 8. The summed E-state index contributed by atoms with van der Waals surface area (Å²) in [6.45, 7) is 1.58. The molecule has 1 saturated carbocycles. The van der Waals surface area contributed by atoms with Crippen LogP contribution in [0.5, 0.6) is 0 Å². The van der Waals surface area contributed by atoms with Crippen LogP contribution in [0.3, 0.4) is 0 Å². The van der Waals surface area contributed by atoms with Crippen molar-refractivity contribution in [2.75, 3.05) is 26.7 Å². The molecule has 21 nitrogen and oxygen atoms in total. The van der Waals surface area contributed by atoms with E-state index < -0.39 is 6.10 Å². The number of nitrogens with zero attached hydrogens (tertiary/aromatic N) is 9. The Balaban J connectivity index is 0.000000244. The molecule has 376 valence electrons. The number of pyridine rings is 1. The summed E-state index contributed by atoms with van der Waals surface area (Å²) < 4.78 is 0. The van der Waals surface area contributed by atoms with Gasteiger partial charge in [0.2, 0.25) is 5.91 Å². The fourth-order valence-electron chi connectivity index (χ4n) is 9.34. The van der Waals surface area contributed by atoms with Crippen LogP contribution in [0.2, 0.25) is 0 Å². The molecule has 3 atom stereocenters. The van der Waals surface area contributed by atoms with Crippen molar-refractivity contribution >= 4 is 56.6 Å². The highest BCUT2D eigenvalue weighted by Gasteiger charge is 2.37. The van der Waals surface area contributed by atoms with Crippen LogP contribution in [-0.4, -0.2) is 136 Å². The van der Waals surface area contributed by atoms with Crippen molar-refractivity contribution in [3.05, 3.63) is 140 Å². The summed E-state index contributed by atoms with van der Waals surface area (Å²) in [5, 5.41) is 12.3. The predicted octanol–water partition coefficient (Wildman–Crippen LogP) is 7.34. The minimum atomic E-state index is -0.417. The fourth-order valence-corrected chi connectivity index (χ4v) is 9.34. The van der Waals surface area contributed by atoms with E-state index in [4.69, 9.17) is 5.73 Å². The first-order chi connectivity index (χ1) is 35.1. The zero-order valence-corrected chi connectivity index (χ0v) is 39.0. The van der Waals surface area contributed by atoms with Crippen LogP contribution in [0, 0.1) is 11.8 Å². The number of carbonyl (C=O) groups excluding carboxylic acids is 4. The number of amides is 3. The van der Waals surface area contributed by atoms with Crippen molar-refractivity contribution in [2.24, 2.45) is 17.6 Å². The van der Waals surface area contributed by atoms with Crippen LogP contribution >= 0.6 is 0 Å². The summed E-state index contributed by atoms with van der Waals surface area (Å²) in [5.74, 6) is -1.29. The number of likely N-dealkylation sites (tertiary alicyclic amines) is 1. The number of likely N-dealkylation sites (N-methyl/N-ethyl adjacent to an activating group) is 1. The smallest absolute Gasteiger partial charge is 0.270 e. The van der Waals surface area contributed by atoms with Gasteiger partial charge in [0.1, 0.15) is 47.3 Å². The predicted molar refractivity (Wildman–Crippen MR) is 279 cm³/mol. The van der Waals surface area contributed by atoms with Gasteiger partial charge in [-0.25, -0.2) is 29.9 Å². The maximum Gasteiger partial charge on any atom is 0.270 e. The van der Waals surface area contributed by atoms with E-state index in [1.54, 1.807) is 60.0 Å². The molecule has 1 aliphatic heterocycles. The summed E-state index contributed by atoms with van der Waals surface area (Å²) in [6.07, 6.45) is 20.2. The molecule has 0 spiro atoms. The number of aliphatic hydroxyl groups excluding tert-OH is 1. The molecule has 0 bridgehead atoms. The number of hydrogen-bond acceptors (Lipinski definition) is 12. The number of rotatable bonds is 11. The number of Topliss-reactive ketones (excluding diaryl/α,β-unsaturated/α-hetero) is 1. The van der Waals surface area contributed by atoms with Crippen molar-refractivity contribution in [1.29, 1.82) is 0 Å². The monoisotopic (exact) mass is 979 g/mol. The number of ketones is 1. The van der Waals surface area contributed by atoms with Crippen molar-refractivity contribution in [3.8, 4) is 33.8 Å². The van der Waals surface area contributed by atoms with Gasteiger partial charge >= 0.3 is 0 Å². The van der Waals surface area contributed by atoms with E-state index in [2.05, 4.69) is 64.8 Å². The van der Waals surface area contributed by atoms with E-state index in [9.17, 15) is 24.3 Å². The van der Waals surface area contributed by atoms with E-state index in [0.717, 1.165) is 79.0 Å². The Morgan fingerprint density at radius 2 is 1.19 bits per heavy atom. The Kier molecular flexibility index (Phi) is 13.2. The molecule has 21 heteroatoms. The Morgan fingerprint density at radius 3 is 1.72 bits per heavy atom. The molecule has 72 heavy (non-hydrogen) atoms. The third-order valence-corrected chi connectivity index (χ3v) is 13.1. The quantitative estimate of drug-likeness (QED) is 0.0591. The molecule has 10 aromatic rings. The van der Waals surface area contributed by atoms with Crippen LogP contribution in [0.25, 0.3) is 66.9 Å². The number of H-pyrrole nitrogens is 6. The Hall–Kier alpha value is -9.11. The van der Waals surface area contributed by atoms with E-state index in [1.807, 2.05) is 54.9 Å². The SMILES string of the molecule is CN(CCc1ccccn1)C(=O)c1cc(-c2ncnc3[nH]ccc23)c[nH]1.NC(=O)C1CCCC1C(=O)c1cc(-c2ncnc3[nH]ccc23)c[nH]1.O=C(c1cc(-c2ncnc3[nH]ccc23)c[nH]1)N1CCC(O)C1.[HH].[HH].[HH].[HH].[HH].[HH]. The Bertz CT molecular complexity index is 3560. The summed E-state index contributed by atoms with van der Waals surface area (Å²) >= 11 is 0. The van der Waals surface area contributed by atoms with E-state index in [0.29, 0.717) is 62.4 Å². The number of nitrogens with one attached hydrogen (secondary N) is 6. The average molecular weight is 979 g/mol. The molecule has 2 fully saturated rings. The number of β-amino-alcohol motifs (C(OH)–C–C–N with tert-alkyl or cyclic N) is 1. The second kappa shape index (κ2) is 20.5. The number of primary amides is 1. The normalized spacial score (nSPS) is 16.4. The van der Waals surface area contributed by atoms with E-state index in [-0.39, 0.29) is 43.9 Å². The molecule has 3 amide bonds. The van der Waals surface area contributed by atoms with Gasteiger partial charge in [0.05, 0.1) is 28.9 Å². The van der Waals surface area contributed by atoms with Crippen molar-refractivity contribution < 1.29 is 32.8 Å². The Labute approximate surface area is 419 Å². The lowest BCUT2D eigenvalue weighted by Crippen LogP contribution is -2.30. The highest BCUT2D eigenvalue weighted by atomic mass is 16.3.